The van der Waals surface area contributed by atoms with E-state index in [1.165, 1.54) is 24.8 Å². The molecule has 0 bridgehead atoms. The molecule has 1 N–H and O–H groups in total. The Labute approximate surface area is 128 Å². The molecule has 1 amide bonds. The second-order valence-corrected chi connectivity index (χ2v) is 6.51. The highest BCUT2D eigenvalue weighted by Gasteiger charge is 2.26. The van der Waals surface area contributed by atoms with E-state index >= 15 is 0 Å². The van der Waals surface area contributed by atoms with Crippen LogP contribution in [0.2, 0.25) is 0 Å². The van der Waals surface area contributed by atoms with Gasteiger partial charge in [-0.1, -0.05) is 30.3 Å². The normalized spacial score (nSPS) is 18.7. The van der Waals surface area contributed by atoms with E-state index in [1.807, 2.05) is 20.8 Å². The molecule has 0 aliphatic carbocycles. The summed E-state index contributed by atoms with van der Waals surface area (Å²) in [7, 11) is 0. The minimum atomic E-state index is -0.00919. The van der Waals surface area contributed by atoms with Gasteiger partial charge in [0.2, 0.25) is 5.91 Å². The van der Waals surface area contributed by atoms with Gasteiger partial charge in [0.1, 0.15) is 0 Å². The van der Waals surface area contributed by atoms with Gasteiger partial charge in [0.25, 0.3) is 0 Å². The summed E-state index contributed by atoms with van der Waals surface area (Å²) in [5.74, 6) is 0.913. The van der Waals surface area contributed by atoms with E-state index in [0.29, 0.717) is 0 Å². The summed E-state index contributed by atoms with van der Waals surface area (Å²) in [5, 5.41) is 3.01. The molecule has 0 saturated carbocycles. The van der Waals surface area contributed by atoms with Crippen molar-refractivity contribution in [3.63, 3.8) is 0 Å². The number of rotatable bonds is 5. The first-order valence-corrected chi connectivity index (χ1v) is 8.14. The summed E-state index contributed by atoms with van der Waals surface area (Å²) in [6, 6.07) is 10.9. The van der Waals surface area contributed by atoms with Gasteiger partial charge in [-0.15, -0.1) is 0 Å². The summed E-state index contributed by atoms with van der Waals surface area (Å²) in [6.45, 7) is 8.11. The highest BCUT2D eigenvalue weighted by atomic mass is 16.2. The second kappa shape index (κ2) is 7.60. The first-order valence-electron chi connectivity index (χ1n) is 8.14. The molecule has 1 aliphatic heterocycles. The molecule has 3 heteroatoms. The minimum absolute atomic E-state index is 0.00919. The highest BCUT2D eigenvalue weighted by Crippen LogP contribution is 2.22. The number of benzene rings is 1. The monoisotopic (exact) mass is 288 g/mol. The fraction of sp³-hybridized carbons (Fsp3) is 0.611. The fourth-order valence-corrected chi connectivity index (χ4v) is 3.06. The second-order valence-electron chi connectivity index (χ2n) is 6.51. The number of carbonyl (C=O) groups excluding carboxylic acids is 1. The quantitative estimate of drug-likeness (QED) is 0.903. The van der Waals surface area contributed by atoms with E-state index in [-0.39, 0.29) is 18.0 Å². The Kier molecular flexibility index (Phi) is 5.80. The molecule has 1 saturated heterocycles. The van der Waals surface area contributed by atoms with Gasteiger partial charge in [0.15, 0.2) is 0 Å². The van der Waals surface area contributed by atoms with Crippen LogP contribution in [0, 0.1) is 5.92 Å². The lowest BCUT2D eigenvalue weighted by Crippen LogP contribution is -2.49. The van der Waals surface area contributed by atoms with Gasteiger partial charge in [-0.05, 0) is 64.6 Å². The van der Waals surface area contributed by atoms with Crippen molar-refractivity contribution in [1.82, 2.24) is 10.2 Å². The zero-order chi connectivity index (χ0) is 15.2. The molecule has 1 fully saturated rings. The number of hydrogen-bond acceptors (Lipinski definition) is 2. The van der Waals surface area contributed by atoms with E-state index in [0.717, 1.165) is 19.0 Å². The molecule has 1 aromatic carbocycles. The Morgan fingerprint density at radius 1 is 1.19 bits per heavy atom. The summed E-state index contributed by atoms with van der Waals surface area (Å²) < 4.78 is 0. The van der Waals surface area contributed by atoms with Gasteiger partial charge in [-0.2, -0.15) is 0 Å². The van der Waals surface area contributed by atoms with E-state index in [1.54, 1.807) is 0 Å². The van der Waals surface area contributed by atoms with Crippen LogP contribution >= 0.6 is 0 Å². The number of likely N-dealkylation sites (tertiary alicyclic amines) is 1. The fourth-order valence-electron chi connectivity index (χ4n) is 3.06. The summed E-state index contributed by atoms with van der Waals surface area (Å²) in [6.07, 6.45) is 3.55. The number of nitrogens with zero attached hydrogens (tertiary/aromatic N) is 1. The summed E-state index contributed by atoms with van der Waals surface area (Å²) in [5.41, 5.74) is 1.43. The average Bonchev–Trinajstić information content (AvgIpc) is 2.47. The number of piperidine rings is 1. The molecule has 0 unspecified atom stereocenters. The maximum absolute atomic E-state index is 12.1. The molecule has 2 rings (SSSR count). The number of hydrogen-bond donors (Lipinski definition) is 1. The molecule has 0 spiro atoms. The van der Waals surface area contributed by atoms with Gasteiger partial charge in [-0.3, -0.25) is 9.69 Å². The zero-order valence-electron chi connectivity index (χ0n) is 13.5. The lowest BCUT2D eigenvalue weighted by molar-refractivity contribution is -0.126. The predicted octanol–water partition coefficient (Wildman–Crippen LogP) is 2.85. The zero-order valence-corrected chi connectivity index (χ0v) is 13.5. The van der Waals surface area contributed by atoms with Gasteiger partial charge in [0.05, 0.1) is 6.04 Å². The van der Waals surface area contributed by atoms with Crippen molar-refractivity contribution in [3.8, 4) is 0 Å². The Morgan fingerprint density at radius 3 is 2.38 bits per heavy atom. The van der Waals surface area contributed by atoms with Crippen LogP contribution in [0.25, 0.3) is 0 Å². The van der Waals surface area contributed by atoms with Crippen LogP contribution in [-0.4, -0.2) is 36.0 Å². The standard InChI is InChI=1S/C18H28N2O/c1-14(2)19-18(21)15(3)20-11-9-17(10-12-20)13-16-7-5-4-6-8-16/h4-8,14-15,17H,9-13H2,1-3H3,(H,19,21)/t15-/m1/s1. The first-order chi connectivity index (χ1) is 10.1. The number of amides is 1. The minimum Gasteiger partial charge on any atom is -0.353 e. The molecule has 21 heavy (non-hydrogen) atoms. The predicted molar refractivity (Wildman–Crippen MR) is 87.2 cm³/mol. The maximum Gasteiger partial charge on any atom is 0.237 e. The molecule has 1 heterocycles. The van der Waals surface area contributed by atoms with Gasteiger partial charge in [0, 0.05) is 6.04 Å². The molecular weight excluding hydrogens is 260 g/mol. The SMILES string of the molecule is CC(C)NC(=O)[C@@H](C)N1CCC(Cc2ccccc2)CC1. The molecule has 116 valence electrons. The molecule has 1 atom stereocenters. The molecule has 1 aromatic rings. The average molecular weight is 288 g/mol. The summed E-state index contributed by atoms with van der Waals surface area (Å²) in [4.78, 5) is 14.4. The van der Waals surface area contributed by atoms with E-state index in [2.05, 4.69) is 40.5 Å². The van der Waals surface area contributed by atoms with Crippen molar-refractivity contribution in [3.05, 3.63) is 35.9 Å². The van der Waals surface area contributed by atoms with Crippen molar-refractivity contribution in [2.24, 2.45) is 5.92 Å². The topological polar surface area (TPSA) is 32.3 Å². The molecule has 0 aromatic heterocycles. The maximum atomic E-state index is 12.1. The third kappa shape index (κ3) is 4.85. The Morgan fingerprint density at radius 2 is 1.81 bits per heavy atom. The van der Waals surface area contributed by atoms with E-state index < -0.39 is 0 Å². The molecule has 1 aliphatic rings. The van der Waals surface area contributed by atoms with Gasteiger partial charge >= 0.3 is 0 Å². The largest absolute Gasteiger partial charge is 0.353 e. The smallest absolute Gasteiger partial charge is 0.237 e. The molecule has 0 radical (unpaired) electrons. The van der Waals surface area contributed by atoms with Gasteiger partial charge in [-0.25, -0.2) is 0 Å². The van der Waals surface area contributed by atoms with Crippen molar-refractivity contribution in [2.75, 3.05) is 13.1 Å². The lowest BCUT2D eigenvalue weighted by atomic mass is 9.89. The van der Waals surface area contributed by atoms with Crippen LogP contribution in [-0.2, 0) is 11.2 Å². The lowest BCUT2D eigenvalue weighted by Gasteiger charge is -2.35. The molecular formula is C18H28N2O. The van der Waals surface area contributed by atoms with Crippen LogP contribution in [0.3, 0.4) is 0 Å². The van der Waals surface area contributed by atoms with E-state index in [9.17, 15) is 4.79 Å². The third-order valence-corrected chi connectivity index (χ3v) is 4.37. The number of nitrogens with one attached hydrogen (secondary N) is 1. The van der Waals surface area contributed by atoms with Crippen LogP contribution < -0.4 is 5.32 Å². The highest BCUT2D eigenvalue weighted by molar-refractivity contribution is 5.81. The van der Waals surface area contributed by atoms with Crippen molar-refractivity contribution < 1.29 is 4.79 Å². The summed E-state index contributed by atoms with van der Waals surface area (Å²) >= 11 is 0. The van der Waals surface area contributed by atoms with Crippen LogP contribution in [0.4, 0.5) is 0 Å². The van der Waals surface area contributed by atoms with Gasteiger partial charge < -0.3 is 5.32 Å². The first kappa shape index (κ1) is 16.0. The van der Waals surface area contributed by atoms with Crippen LogP contribution in [0.1, 0.15) is 39.2 Å². The van der Waals surface area contributed by atoms with Crippen LogP contribution in [0.5, 0.6) is 0 Å². The molecule has 3 nitrogen and oxygen atoms in total. The number of carbonyl (C=O) groups is 1. The Hall–Kier alpha value is -1.35. The van der Waals surface area contributed by atoms with E-state index in [4.69, 9.17) is 0 Å². The third-order valence-electron chi connectivity index (χ3n) is 4.37. The van der Waals surface area contributed by atoms with Crippen molar-refractivity contribution in [2.45, 2.75) is 52.1 Å². The Balaban J connectivity index is 1.79. The van der Waals surface area contributed by atoms with Crippen molar-refractivity contribution in [1.29, 1.82) is 0 Å². The van der Waals surface area contributed by atoms with Crippen molar-refractivity contribution >= 4 is 5.91 Å². The van der Waals surface area contributed by atoms with Crippen LogP contribution in [0.15, 0.2) is 30.3 Å². The Bertz CT molecular complexity index is 436.